The van der Waals surface area contributed by atoms with Crippen molar-refractivity contribution in [2.75, 3.05) is 5.32 Å². The van der Waals surface area contributed by atoms with Crippen molar-refractivity contribution >= 4 is 44.2 Å². The monoisotopic (exact) mass is 416 g/mol. The fourth-order valence-corrected chi connectivity index (χ4v) is 2.96. The highest BCUT2D eigenvalue weighted by Crippen LogP contribution is 2.19. The average Bonchev–Trinajstić information content (AvgIpc) is 2.40. The summed E-state index contributed by atoms with van der Waals surface area (Å²) in [6.45, 7) is 1.64. The van der Waals surface area contributed by atoms with Gasteiger partial charge < -0.3 is 5.32 Å². The number of hydrogen-bond acceptors (Lipinski definition) is 3. The van der Waals surface area contributed by atoms with Crippen LogP contribution in [0.15, 0.2) is 47.4 Å². The molecule has 0 heterocycles. The van der Waals surface area contributed by atoms with Crippen LogP contribution in [0.5, 0.6) is 0 Å². The Balaban J connectivity index is 2.28. The lowest BCUT2D eigenvalue weighted by molar-refractivity contribution is 0.102. The van der Waals surface area contributed by atoms with Crippen LogP contribution in [0.2, 0.25) is 0 Å². The zero-order valence-electron chi connectivity index (χ0n) is 11.1. The van der Waals surface area contributed by atoms with E-state index in [1.165, 1.54) is 6.07 Å². The number of aryl methyl sites for hydroxylation is 1. The van der Waals surface area contributed by atoms with Crippen LogP contribution in [-0.4, -0.2) is 14.3 Å². The smallest absolute Gasteiger partial charge is 0.255 e. The van der Waals surface area contributed by atoms with Crippen LogP contribution in [0.4, 0.5) is 5.69 Å². The highest BCUT2D eigenvalue weighted by Gasteiger charge is 2.13. The molecule has 110 valence electrons. The molecule has 0 aliphatic heterocycles. The van der Waals surface area contributed by atoms with Gasteiger partial charge in [0.2, 0.25) is 10.0 Å². The van der Waals surface area contributed by atoms with Crippen LogP contribution in [-0.2, 0) is 10.0 Å². The van der Waals surface area contributed by atoms with E-state index in [2.05, 4.69) is 27.9 Å². The minimum Gasteiger partial charge on any atom is -0.322 e. The Morgan fingerprint density at radius 1 is 1.14 bits per heavy atom. The summed E-state index contributed by atoms with van der Waals surface area (Å²) in [5.74, 6) is -0.310. The number of anilines is 1. The first-order chi connectivity index (χ1) is 9.77. The van der Waals surface area contributed by atoms with Crippen molar-refractivity contribution in [1.82, 2.24) is 0 Å². The van der Waals surface area contributed by atoms with Crippen LogP contribution in [0.25, 0.3) is 0 Å². The molecular formula is C14H13IN2O3S. The predicted molar refractivity (Wildman–Crippen MR) is 89.7 cm³/mol. The minimum atomic E-state index is -3.81. The summed E-state index contributed by atoms with van der Waals surface area (Å²) in [6.07, 6.45) is 0. The van der Waals surface area contributed by atoms with Crippen molar-refractivity contribution in [2.24, 2.45) is 5.14 Å². The van der Waals surface area contributed by atoms with E-state index < -0.39 is 10.0 Å². The second-order valence-corrected chi connectivity index (χ2v) is 7.26. The molecular weight excluding hydrogens is 403 g/mol. The number of hydrogen-bond donors (Lipinski definition) is 2. The highest BCUT2D eigenvalue weighted by molar-refractivity contribution is 14.1. The maximum Gasteiger partial charge on any atom is 0.255 e. The Hall–Kier alpha value is -1.45. The molecule has 0 fully saturated rings. The molecule has 21 heavy (non-hydrogen) atoms. The first kappa shape index (κ1) is 15.9. The van der Waals surface area contributed by atoms with Gasteiger partial charge in [0.05, 0.1) is 4.90 Å². The van der Waals surface area contributed by atoms with E-state index in [1.807, 2.05) is 12.1 Å². The van der Waals surface area contributed by atoms with E-state index in [0.717, 1.165) is 3.57 Å². The van der Waals surface area contributed by atoms with Gasteiger partial charge in [-0.3, -0.25) is 4.79 Å². The number of benzene rings is 2. The third-order valence-corrected chi connectivity index (χ3v) is 4.63. The Kier molecular flexibility index (Phi) is 4.64. The van der Waals surface area contributed by atoms with E-state index in [1.54, 1.807) is 31.2 Å². The Morgan fingerprint density at radius 2 is 1.76 bits per heavy atom. The average molecular weight is 416 g/mol. The predicted octanol–water partition coefficient (Wildman–Crippen LogP) is 2.50. The number of rotatable bonds is 3. The molecule has 3 N–H and O–H groups in total. The largest absolute Gasteiger partial charge is 0.322 e. The zero-order chi connectivity index (χ0) is 15.6. The summed E-state index contributed by atoms with van der Waals surface area (Å²) in [7, 11) is -3.81. The Bertz CT molecular complexity index is 786. The molecule has 2 aromatic carbocycles. The third kappa shape index (κ3) is 4.02. The van der Waals surface area contributed by atoms with Crippen LogP contribution in [0.3, 0.4) is 0 Å². The number of carbonyl (C=O) groups excluding carboxylic acids is 1. The van der Waals surface area contributed by atoms with E-state index >= 15 is 0 Å². The van der Waals surface area contributed by atoms with Gasteiger partial charge in [-0.05, 0) is 71.5 Å². The van der Waals surface area contributed by atoms with Crippen LogP contribution in [0, 0.1) is 10.5 Å². The molecule has 0 radical (unpaired) electrons. The maximum absolute atomic E-state index is 12.1. The fourth-order valence-electron chi connectivity index (χ4n) is 1.79. The molecule has 0 saturated carbocycles. The molecule has 0 aliphatic rings. The number of halogens is 1. The topological polar surface area (TPSA) is 89.3 Å². The summed E-state index contributed by atoms with van der Waals surface area (Å²) >= 11 is 2.15. The molecule has 0 saturated heterocycles. The molecule has 0 atom stereocenters. The molecule has 5 nitrogen and oxygen atoms in total. The van der Waals surface area contributed by atoms with Gasteiger partial charge in [-0.15, -0.1) is 0 Å². The number of primary sulfonamides is 1. The van der Waals surface area contributed by atoms with Crippen molar-refractivity contribution in [3.63, 3.8) is 0 Å². The van der Waals surface area contributed by atoms with Gasteiger partial charge in [-0.2, -0.15) is 0 Å². The van der Waals surface area contributed by atoms with E-state index in [-0.39, 0.29) is 10.8 Å². The van der Waals surface area contributed by atoms with Gasteiger partial charge in [0, 0.05) is 14.8 Å². The van der Waals surface area contributed by atoms with Gasteiger partial charge in [-0.25, -0.2) is 13.6 Å². The molecule has 2 rings (SSSR count). The normalized spacial score (nSPS) is 11.2. The molecule has 1 amide bonds. The molecule has 0 bridgehead atoms. The van der Waals surface area contributed by atoms with Gasteiger partial charge in [0.1, 0.15) is 0 Å². The number of amides is 1. The van der Waals surface area contributed by atoms with Crippen molar-refractivity contribution in [3.8, 4) is 0 Å². The third-order valence-electron chi connectivity index (χ3n) is 2.86. The van der Waals surface area contributed by atoms with Gasteiger partial charge in [0.25, 0.3) is 5.91 Å². The van der Waals surface area contributed by atoms with Crippen LogP contribution < -0.4 is 10.5 Å². The second-order valence-electron chi connectivity index (χ2n) is 4.49. The fraction of sp³-hybridized carbons (Fsp3) is 0.0714. The number of sulfonamides is 1. The van der Waals surface area contributed by atoms with Crippen molar-refractivity contribution in [1.29, 1.82) is 0 Å². The molecule has 0 aliphatic carbocycles. The molecule has 0 unspecified atom stereocenters. The lowest BCUT2D eigenvalue weighted by Gasteiger charge is -2.09. The number of carbonyl (C=O) groups is 1. The molecule has 2 aromatic rings. The maximum atomic E-state index is 12.1. The Morgan fingerprint density at radius 3 is 2.33 bits per heavy atom. The van der Waals surface area contributed by atoms with Crippen molar-refractivity contribution in [2.45, 2.75) is 11.8 Å². The molecule has 7 heteroatoms. The van der Waals surface area contributed by atoms with Crippen molar-refractivity contribution in [3.05, 3.63) is 57.2 Å². The van der Waals surface area contributed by atoms with E-state index in [9.17, 15) is 13.2 Å². The van der Waals surface area contributed by atoms with E-state index in [0.29, 0.717) is 16.8 Å². The van der Waals surface area contributed by atoms with Gasteiger partial charge >= 0.3 is 0 Å². The SMILES string of the molecule is Cc1ccc(NC(=O)c2ccc(I)cc2)cc1S(N)(=O)=O. The lowest BCUT2D eigenvalue weighted by Crippen LogP contribution is -2.16. The summed E-state index contributed by atoms with van der Waals surface area (Å²) in [5.41, 5.74) is 1.41. The summed E-state index contributed by atoms with van der Waals surface area (Å²) < 4.78 is 24.0. The molecule has 0 spiro atoms. The first-order valence-corrected chi connectivity index (χ1v) is 8.60. The first-order valence-electron chi connectivity index (χ1n) is 5.98. The highest BCUT2D eigenvalue weighted by atomic mass is 127. The summed E-state index contributed by atoms with van der Waals surface area (Å²) in [5, 5.41) is 7.80. The number of nitrogens with two attached hydrogens (primary N) is 1. The Labute approximate surface area is 136 Å². The van der Waals surface area contributed by atoms with Gasteiger partial charge in [-0.1, -0.05) is 6.07 Å². The quantitative estimate of drug-likeness (QED) is 0.754. The van der Waals surface area contributed by atoms with Crippen LogP contribution >= 0.6 is 22.6 Å². The minimum absolute atomic E-state index is 0.00269. The van der Waals surface area contributed by atoms with Gasteiger partial charge in [0.15, 0.2) is 0 Å². The lowest BCUT2D eigenvalue weighted by atomic mass is 10.2. The summed E-state index contributed by atoms with van der Waals surface area (Å²) in [6, 6.07) is 11.6. The summed E-state index contributed by atoms with van der Waals surface area (Å²) in [4.78, 5) is 12.1. The molecule has 0 aromatic heterocycles. The zero-order valence-corrected chi connectivity index (χ0v) is 14.1. The standard InChI is InChI=1S/C14H13IN2O3S/c1-9-2-7-12(8-13(9)21(16,19)20)17-14(18)10-3-5-11(15)6-4-10/h2-8H,1H3,(H,17,18)(H2,16,19,20). The number of nitrogens with one attached hydrogen (secondary N) is 1. The second kappa shape index (κ2) is 6.12. The van der Waals surface area contributed by atoms with E-state index in [4.69, 9.17) is 5.14 Å². The van der Waals surface area contributed by atoms with Crippen LogP contribution in [0.1, 0.15) is 15.9 Å². The van der Waals surface area contributed by atoms with Crippen molar-refractivity contribution < 1.29 is 13.2 Å².